The van der Waals surface area contributed by atoms with Crippen LogP contribution in [-0.2, 0) is 20.0 Å². The largest absolute Gasteiger partial charge is 0.460 e. The molecule has 126 valence electrons. The summed E-state index contributed by atoms with van der Waals surface area (Å²) >= 11 is 0. The van der Waals surface area contributed by atoms with E-state index in [9.17, 15) is 5.11 Å². The Morgan fingerprint density at radius 3 is 3.00 bits per heavy atom. The first-order chi connectivity index (χ1) is 11.6. The molecule has 1 aromatic carbocycles. The van der Waals surface area contributed by atoms with Gasteiger partial charge in [0.15, 0.2) is 0 Å². The molecule has 1 fully saturated rings. The predicted octanol–water partition coefficient (Wildman–Crippen LogP) is 2.13. The van der Waals surface area contributed by atoms with Crippen LogP contribution in [0.4, 0.5) is 0 Å². The van der Waals surface area contributed by atoms with E-state index in [2.05, 4.69) is 27.2 Å². The Morgan fingerprint density at radius 1 is 1.33 bits per heavy atom. The summed E-state index contributed by atoms with van der Waals surface area (Å²) < 4.78 is 7.79. The Kier molecular flexibility index (Phi) is 3.86. The van der Waals surface area contributed by atoms with Gasteiger partial charge in [0.2, 0.25) is 0 Å². The number of hydrogen-bond acceptors (Lipinski definition) is 5. The van der Waals surface area contributed by atoms with E-state index in [0.29, 0.717) is 13.0 Å². The van der Waals surface area contributed by atoms with Gasteiger partial charge in [0, 0.05) is 25.4 Å². The second kappa shape index (κ2) is 6.03. The topological polar surface area (TPSA) is 67.3 Å². The number of likely N-dealkylation sites (tertiary alicyclic amines) is 1. The molecule has 2 aromatic heterocycles. The molecule has 1 aliphatic rings. The molecule has 3 heterocycles. The lowest BCUT2D eigenvalue weighted by Gasteiger charge is -2.38. The summed E-state index contributed by atoms with van der Waals surface area (Å²) in [5.41, 5.74) is 0.157. The third-order valence-electron chi connectivity index (χ3n) is 4.78. The zero-order chi connectivity index (χ0) is 16.6. The van der Waals surface area contributed by atoms with Crippen molar-refractivity contribution in [2.45, 2.75) is 31.4 Å². The number of piperidine rings is 1. The molecule has 4 rings (SSSR count). The van der Waals surface area contributed by atoms with E-state index in [1.165, 1.54) is 0 Å². The van der Waals surface area contributed by atoms with Crippen LogP contribution in [0.25, 0.3) is 11.0 Å². The van der Waals surface area contributed by atoms with Gasteiger partial charge in [0.25, 0.3) is 0 Å². The van der Waals surface area contributed by atoms with Crippen LogP contribution in [0, 0.1) is 0 Å². The Labute approximate surface area is 140 Å². The number of para-hydroxylation sites is 1. The first-order valence-electron chi connectivity index (χ1n) is 8.36. The predicted molar refractivity (Wildman–Crippen MR) is 90.4 cm³/mol. The average molecular weight is 326 g/mol. The third-order valence-corrected chi connectivity index (χ3v) is 4.78. The van der Waals surface area contributed by atoms with Crippen LogP contribution in [0.2, 0.25) is 0 Å². The van der Waals surface area contributed by atoms with Crippen molar-refractivity contribution in [3.8, 4) is 0 Å². The van der Waals surface area contributed by atoms with Crippen molar-refractivity contribution in [2.75, 3.05) is 13.1 Å². The molecule has 6 heteroatoms. The van der Waals surface area contributed by atoms with Gasteiger partial charge >= 0.3 is 0 Å². The fraction of sp³-hybridized carbons (Fsp3) is 0.444. The molecule has 1 atom stereocenters. The maximum Gasteiger partial charge on any atom is 0.135 e. The maximum absolute atomic E-state index is 11.0. The first kappa shape index (κ1) is 15.4. The molecule has 0 radical (unpaired) electrons. The van der Waals surface area contributed by atoms with Crippen LogP contribution in [0.1, 0.15) is 24.4 Å². The Balaban J connectivity index is 1.47. The average Bonchev–Trinajstić information content (AvgIpc) is 3.13. The molecule has 0 spiro atoms. The highest BCUT2D eigenvalue weighted by Crippen LogP contribution is 2.27. The van der Waals surface area contributed by atoms with Crippen molar-refractivity contribution >= 4 is 11.0 Å². The lowest BCUT2D eigenvalue weighted by Crippen LogP contribution is -2.49. The number of furan rings is 1. The van der Waals surface area contributed by atoms with Crippen molar-refractivity contribution < 1.29 is 9.52 Å². The SMILES string of the molecule is Cn1cnnc1CC1(O)CCCN(Cc2cc3ccccc3o2)C1. The lowest BCUT2D eigenvalue weighted by atomic mass is 9.89. The van der Waals surface area contributed by atoms with E-state index in [1.54, 1.807) is 6.33 Å². The van der Waals surface area contributed by atoms with E-state index in [4.69, 9.17) is 4.42 Å². The van der Waals surface area contributed by atoms with Crippen LogP contribution in [0.5, 0.6) is 0 Å². The van der Waals surface area contributed by atoms with Crippen LogP contribution in [0.3, 0.4) is 0 Å². The van der Waals surface area contributed by atoms with Crippen LogP contribution < -0.4 is 0 Å². The highest BCUT2D eigenvalue weighted by atomic mass is 16.3. The molecule has 0 amide bonds. The number of benzene rings is 1. The van der Waals surface area contributed by atoms with Gasteiger partial charge in [0.05, 0.1) is 12.1 Å². The molecule has 24 heavy (non-hydrogen) atoms. The van der Waals surface area contributed by atoms with Crippen molar-refractivity contribution in [3.05, 3.63) is 48.2 Å². The Bertz CT molecular complexity index is 807. The minimum atomic E-state index is -0.759. The molecular weight excluding hydrogens is 304 g/mol. The Hall–Kier alpha value is -2.18. The van der Waals surface area contributed by atoms with Gasteiger partial charge in [-0.05, 0) is 31.5 Å². The lowest BCUT2D eigenvalue weighted by molar-refractivity contribution is -0.0358. The second-order valence-corrected chi connectivity index (χ2v) is 6.82. The quantitative estimate of drug-likeness (QED) is 0.795. The number of aromatic nitrogens is 3. The minimum absolute atomic E-state index is 0.528. The van der Waals surface area contributed by atoms with Crippen molar-refractivity contribution in [3.63, 3.8) is 0 Å². The number of rotatable bonds is 4. The number of aliphatic hydroxyl groups is 1. The van der Waals surface area contributed by atoms with Gasteiger partial charge in [0.1, 0.15) is 23.5 Å². The smallest absolute Gasteiger partial charge is 0.135 e. The number of aryl methyl sites for hydroxylation is 1. The number of hydrogen-bond donors (Lipinski definition) is 1. The van der Waals surface area contributed by atoms with Crippen LogP contribution in [0.15, 0.2) is 41.1 Å². The number of β-amino-alcohol motifs (C(OH)–C–C–N with tert-alkyl or cyclic N) is 1. The number of nitrogens with zero attached hydrogens (tertiary/aromatic N) is 4. The van der Waals surface area contributed by atoms with E-state index < -0.39 is 5.60 Å². The summed E-state index contributed by atoms with van der Waals surface area (Å²) in [6.07, 6.45) is 3.96. The van der Waals surface area contributed by atoms with Gasteiger partial charge < -0.3 is 14.1 Å². The molecule has 0 bridgehead atoms. The zero-order valence-corrected chi connectivity index (χ0v) is 13.9. The second-order valence-electron chi connectivity index (χ2n) is 6.82. The van der Waals surface area contributed by atoms with E-state index in [0.717, 1.165) is 48.5 Å². The molecule has 0 saturated carbocycles. The standard InChI is InChI=1S/C18H22N4O2/c1-21-13-19-20-17(21)10-18(23)7-4-8-22(12-18)11-15-9-14-5-2-3-6-16(14)24-15/h2-3,5-6,9,13,23H,4,7-8,10-12H2,1H3. The highest BCUT2D eigenvalue weighted by Gasteiger charge is 2.35. The van der Waals surface area contributed by atoms with Crippen LogP contribution in [-0.4, -0.2) is 43.5 Å². The normalized spacial score (nSPS) is 22.2. The van der Waals surface area contributed by atoms with E-state index >= 15 is 0 Å². The summed E-state index contributed by atoms with van der Waals surface area (Å²) in [5.74, 6) is 1.77. The summed E-state index contributed by atoms with van der Waals surface area (Å²) in [6.45, 7) is 2.31. The fourth-order valence-corrected chi connectivity index (χ4v) is 3.58. The molecule has 3 aromatic rings. The third kappa shape index (κ3) is 3.07. The number of fused-ring (bicyclic) bond motifs is 1. The minimum Gasteiger partial charge on any atom is -0.460 e. The van der Waals surface area contributed by atoms with Gasteiger partial charge in [-0.25, -0.2) is 0 Å². The highest BCUT2D eigenvalue weighted by molar-refractivity contribution is 5.77. The monoisotopic (exact) mass is 326 g/mol. The fourth-order valence-electron chi connectivity index (χ4n) is 3.58. The van der Waals surface area contributed by atoms with Gasteiger partial charge in [-0.15, -0.1) is 10.2 Å². The van der Waals surface area contributed by atoms with Crippen molar-refractivity contribution in [2.24, 2.45) is 7.05 Å². The summed E-state index contributed by atoms with van der Waals surface area (Å²) in [6, 6.07) is 10.1. The molecular formula is C18H22N4O2. The van der Waals surface area contributed by atoms with Crippen LogP contribution >= 0.6 is 0 Å². The zero-order valence-electron chi connectivity index (χ0n) is 13.9. The molecule has 1 unspecified atom stereocenters. The molecule has 1 aliphatic heterocycles. The maximum atomic E-state index is 11.0. The summed E-state index contributed by atoms with van der Waals surface area (Å²) in [7, 11) is 1.91. The Morgan fingerprint density at radius 2 is 2.21 bits per heavy atom. The molecule has 6 nitrogen and oxygen atoms in total. The van der Waals surface area contributed by atoms with E-state index in [1.807, 2.05) is 29.8 Å². The first-order valence-corrected chi connectivity index (χ1v) is 8.36. The van der Waals surface area contributed by atoms with Gasteiger partial charge in [-0.2, -0.15) is 0 Å². The van der Waals surface area contributed by atoms with Gasteiger partial charge in [-0.3, -0.25) is 4.90 Å². The van der Waals surface area contributed by atoms with Crippen molar-refractivity contribution in [1.29, 1.82) is 0 Å². The summed E-state index contributed by atoms with van der Waals surface area (Å²) in [4.78, 5) is 2.26. The molecule has 0 aliphatic carbocycles. The summed E-state index contributed by atoms with van der Waals surface area (Å²) in [5, 5.41) is 20.1. The van der Waals surface area contributed by atoms with E-state index in [-0.39, 0.29) is 0 Å². The van der Waals surface area contributed by atoms with Gasteiger partial charge in [-0.1, -0.05) is 18.2 Å². The van der Waals surface area contributed by atoms with Crippen molar-refractivity contribution in [1.82, 2.24) is 19.7 Å². The molecule has 1 saturated heterocycles. The molecule has 1 N–H and O–H groups in total.